The Morgan fingerprint density at radius 1 is 1.38 bits per heavy atom. The Labute approximate surface area is 153 Å². The molecule has 1 aromatic carbocycles. The molecule has 7 heteroatoms. The Hall–Kier alpha value is -1.56. The summed E-state index contributed by atoms with van der Waals surface area (Å²) in [6.45, 7) is 2.50. The summed E-state index contributed by atoms with van der Waals surface area (Å²) >= 11 is 13.7. The highest BCUT2D eigenvalue weighted by atomic mass is 35.5. The number of nitrogens with zero attached hydrogens (tertiary/aromatic N) is 2. The van der Waals surface area contributed by atoms with Crippen LogP contribution >= 0.6 is 34.5 Å². The normalized spacial score (nSPS) is 14.3. The van der Waals surface area contributed by atoms with Crippen LogP contribution < -0.4 is 5.32 Å². The minimum atomic E-state index is 0.00850. The maximum atomic E-state index is 12.3. The molecular formula is C17H15Cl2N3OS. The highest BCUT2D eigenvalue weighted by Gasteiger charge is 2.25. The van der Waals surface area contributed by atoms with E-state index in [2.05, 4.69) is 10.4 Å². The number of aryl methyl sites for hydroxylation is 1. The van der Waals surface area contributed by atoms with E-state index in [0.717, 1.165) is 39.2 Å². The molecule has 0 unspecified atom stereocenters. The Kier molecular flexibility index (Phi) is 4.03. The zero-order valence-corrected chi connectivity index (χ0v) is 15.3. The highest BCUT2D eigenvalue weighted by molar-refractivity contribution is 7.20. The van der Waals surface area contributed by atoms with Crippen LogP contribution in [0.15, 0.2) is 24.3 Å². The van der Waals surface area contributed by atoms with Crippen LogP contribution in [0.5, 0.6) is 0 Å². The van der Waals surface area contributed by atoms with Crippen molar-refractivity contribution in [2.45, 2.75) is 32.4 Å². The fourth-order valence-electron chi connectivity index (χ4n) is 2.63. The topological polar surface area (TPSA) is 46.9 Å². The average Bonchev–Trinajstić information content (AvgIpc) is 3.14. The SMILES string of the molecule is Cc1nn(Cc2ccc(Cl)cc2Cl)c2sc(C(=O)NC3CC3)cc12. The minimum absolute atomic E-state index is 0.00850. The quantitative estimate of drug-likeness (QED) is 0.716. The monoisotopic (exact) mass is 379 g/mol. The van der Waals surface area contributed by atoms with E-state index in [0.29, 0.717) is 22.6 Å². The summed E-state index contributed by atoms with van der Waals surface area (Å²) in [6.07, 6.45) is 2.16. The van der Waals surface area contributed by atoms with Gasteiger partial charge in [0.05, 0.1) is 17.1 Å². The minimum Gasteiger partial charge on any atom is -0.349 e. The van der Waals surface area contributed by atoms with Crippen LogP contribution in [0, 0.1) is 6.92 Å². The lowest BCUT2D eigenvalue weighted by atomic mass is 10.2. The number of benzene rings is 1. The van der Waals surface area contributed by atoms with Crippen molar-refractivity contribution in [1.82, 2.24) is 15.1 Å². The van der Waals surface area contributed by atoms with Gasteiger partial charge in [-0.05, 0) is 43.5 Å². The molecule has 1 aliphatic rings. The lowest BCUT2D eigenvalue weighted by Crippen LogP contribution is -2.24. The molecule has 124 valence electrons. The van der Waals surface area contributed by atoms with Gasteiger partial charge in [0.1, 0.15) is 4.83 Å². The first-order valence-corrected chi connectivity index (χ1v) is 9.30. The van der Waals surface area contributed by atoms with E-state index in [-0.39, 0.29) is 5.91 Å². The van der Waals surface area contributed by atoms with Crippen molar-refractivity contribution in [2.75, 3.05) is 0 Å². The molecular weight excluding hydrogens is 365 g/mol. The zero-order valence-electron chi connectivity index (χ0n) is 13.0. The smallest absolute Gasteiger partial charge is 0.261 e. The van der Waals surface area contributed by atoms with Gasteiger partial charge in [-0.25, -0.2) is 0 Å². The van der Waals surface area contributed by atoms with Crippen LogP contribution in [0.25, 0.3) is 10.2 Å². The van der Waals surface area contributed by atoms with Crippen LogP contribution in [-0.2, 0) is 6.54 Å². The number of rotatable bonds is 4. The maximum Gasteiger partial charge on any atom is 0.261 e. The standard InChI is InChI=1S/C17H15Cl2N3OS/c1-9-13-7-15(16(23)20-12-4-5-12)24-17(13)22(21-9)8-10-2-3-11(18)6-14(10)19/h2-3,6-7,12H,4-5,8H2,1H3,(H,20,23). The van der Waals surface area contributed by atoms with Crippen LogP contribution in [0.3, 0.4) is 0 Å². The predicted octanol–water partition coefficient (Wildman–Crippen LogP) is 4.65. The van der Waals surface area contributed by atoms with Gasteiger partial charge in [0, 0.05) is 21.5 Å². The number of hydrogen-bond acceptors (Lipinski definition) is 3. The van der Waals surface area contributed by atoms with Gasteiger partial charge in [-0.15, -0.1) is 11.3 Å². The Morgan fingerprint density at radius 3 is 2.88 bits per heavy atom. The first kappa shape index (κ1) is 15.9. The van der Waals surface area contributed by atoms with Gasteiger partial charge in [-0.1, -0.05) is 29.3 Å². The lowest BCUT2D eigenvalue weighted by Gasteiger charge is -2.06. The number of amides is 1. The second-order valence-corrected chi connectivity index (χ2v) is 7.93. The van der Waals surface area contributed by atoms with Gasteiger partial charge in [0.2, 0.25) is 0 Å². The van der Waals surface area contributed by atoms with Gasteiger partial charge in [0.25, 0.3) is 5.91 Å². The molecule has 24 heavy (non-hydrogen) atoms. The van der Waals surface area contributed by atoms with Crippen molar-refractivity contribution < 1.29 is 4.79 Å². The maximum absolute atomic E-state index is 12.3. The summed E-state index contributed by atoms with van der Waals surface area (Å²) in [7, 11) is 0. The number of thiophene rings is 1. The van der Waals surface area contributed by atoms with Crippen LogP contribution in [0.4, 0.5) is 0 Å². The number of hydrogen-bond donors (Lipinski definition) is 1. The molecule has 1 saturated carbocycles. The van der Waals surface area contributed by atoms with Gasteiger partial charge < -0.3 is 5.32 Å². The summed E-state index contributed by atoms with van der Waals surface area (Å²) in [6, 6.07) is 7.74. The van der Waals surface area contributed by atoms with E-state index in [1.807, 2.05) is 29.8 Å². The molecule has 3 aromatic rings. The van der Waals surface area contributed by atoms with Crippen molar-refractivity contribution in [3.05, 3.63) is 50.4 Å². The molecule has 0 aliphatic heterocycles. The first-order valence-electron chi connectivity index (χ1n) is 7.73. The van der Waals surface area contributed by atoms with E-state index in [1.54, 1.807) is 6.07 Å². The number of aromatic nitrogens is 2. The molecule has 2 aromatic heterocycles. The molecule has 4 rings (SSSR count). The number of carbonyl (C=O) groups excluding carboxylic acids is 1. The molecule has 0 radical (unpaired) electrons. The van der Waals surface area contributed by atoms with Crippen molar-refractivity contribution in [2.24, 2.45) is 0 Å². The van der Waals surface area contributed by atoms with Gasteiger partial charge in [0.15, 0.2) is 0 Å². The van der Waals surface area contributed by atoms with E-state index in [1.165, 1.54) is 11.3 Å². The fourth-order valence-corrected chi connectivity index (χ4v) is 4.16. The Morgan fingerprint density at radius 2 is 2.17 bits per heavy atom. The van der Waals surface area contributed by atoms with Crippen LogP contribution in [0.1, 0.15) is 33.8 Å². The molecule has 1 aliphatic carbocycles. The molecule has 0 spiro atoms. The Bertz CT molecular complexity index is 943. The van der Waals surface area contributed by atoms with Gasteiger partial charge in [-0.3, -0.25) is 9.48 Å². The van der Waals surface area contributed by atoms with E-state index in [4.69, 9.17) is 23.2 Å². The number of nitrogens with one attached hydrogen (secondary N) is 1. The Balaban J connectivity index is 1.67. The average molecular weight is 380 g/mol. The molecule has 1 amide bonds. The van der Waals surface area contributed by atoms with Crippen molar-refractivity contribution in [3.63, 3.8) is 0 Å². The number of fused-ring (bicyclic) bond motifs is 1. The molecule has 1 fully saturated rings. The third-order valence-electron chi connectivity index (χ3n) is 4.08. The first-order chi connectivity index (χ1) is 11.5. The second-order valence-electron chi connectivity index (χ2n) is 6.06. The summed E-state index contributed by atoms with van der Waals surface area (Å²) < 4.78 is 1.90. The summed E-state index contributed by atoms with van der Waals surface area (Å²) in [5.74, 6) is 0.00850. The van der Waals surface area contributed by atoms with Gasteiger partial charge in [-0.2, -0.15) is 5.10 Å². The molecule has 0 atom stereocenters. The van der Waals surface area contributed by atoms with Crippen molar-refractivity contribution >= 4 is 50.7 Å². The van der Waals surface area contributed by atoms with E-state index in [9.17, 15) is 4.79 Å². The van der Waals surface area contributed by atoms with Crippen LogP contribution in [-0.4, -0.2) is 21.7 Å². The zero-order chi connectivity index (χ0) is 16.8. The molecule has 2 heterocycles. The fraction of sp³-hybridized carbons (Fsp3) is 0.294. The predicted molar refractivity (Wildman–Crippen MR) is 98.4 cm³/mol. The van der Waals surface area contributed by atoms with E-state index < -0.39 is 0 Å². The summed E-state index contributed by atoms with van der Waals surface area (Å²) in [5, 5.41) is 9.87. The summed E-state index contributed by atoms with van der Waals surface area (Å²) in [5.41, 5.74) is 1.86. The largest absolute Gasteiger partial charge is 0.349 e. The third-order valence-corrected chi connectivity index (χ3v) is 5.81. The highest BCUT2D eigenvalue weighted by Crippen LogP contribution is 2.31. The third kappa shape index (κ3) is 3.04. The molecule has 1 N–H and O–H groups in total. The van der Waals surface area contributed by atoms with Crippen molar-refractivity contribution in [1.29, 1.82) is 0 Å². The van der Waals surface area contributed by atoms with Gasteiger partial charge >= 0.3 is 0 Å². The van der Waals surface area contributed by atoms with E-state index >= 15 is 0 Å². The van der Waals surface area contributed by atoms with Crippen LogP contribution in [0.2, 0.25) is 10.0 Å². The lowest BCUT2D eigenvalue weighted by molar-refractivity contribution is 0.0955. The second kappa shape index (κ2) is 6.06. The van der Waals surface area contributed by atoms with Crippen molar-refractivity contribution in [3.8, 4) is 0 Å². The molecule has 0 saturated heterocycles. The number of halogens is 2. The molecule has 4 nitrogen and oxygen atoms in total. The number of carbonyl (C=O) groups is 1. The summed E-state index contributed by atoms with van der Waals surface area (Å²) in [4.78, 5) is 14.0. The molecule has 0 bridgehead atoms.